The van der Waals surface area contributed by atoms with E-state index in [1.54, 1.807) is 0 Å². The van der Waals surface area contributed by atoms with E-state index >= 15 is 0 Å². The van der Waals surface area contributed by atoms with Crippen LogP contribution in [0, 0.1) is 5.92 Å². The first kappa shape index (κ1) is 19.0. The monoisotopic (exact) mass is 365 g/mol. The Hall–Kier alpha value is -1.31. The quantitative estimate of drug-likeness (QED) is 0.768. The third-order valence-corrected chi connectivity index (χ3v) is 4.50. The first-order chi connectivity index (χ1) is 11.2. The van der Waals surface area contributed by atoms with Crippen LogP contribution in [0.3, 0.4) is 0 Å². The van der Waals surface area contributed by atoms with Crippen LogP contribution in [-0.4, -0.2) is 28.8 Å². The average molecular weight is 366 g/mol. The van der Waals surface area contributed by atoms with E-state index in [1.807, 2.05) is 0 Å². The van der Waals surface area contributed by atoms with Gasteiger partial charge in [-0.25, -0.2) is 0 Å². The Morgan fingerprint density at radius 1 is 1.29 bits per heavy atom. The highest BCUT2D eigenvalue weighted by Crippen LogP contribution is 2.36. The lowest BCUT2D eigenvalue weighted by Gasteiger charge is -2.27. The largest absolute Gasteiger partial charge is 0.416 e. The molecule has 0 aliphatic heterocycles. The van der Waals surface area contributed by atoms with Crippen LogP contribution in [0.5, 0.6) is 0 Å². The van der Waals surface area contributed by atoms with Gasteiger partial charge >= 0.3 is 6.18 Å². The predicted octanol–water partition coefficient (Wildman–Crippen LogP) is 3.06. The summed E-state index contributed by atoms with van der Waals surface area (Å²) in [5.41, 5.74) is -1.20. The van der Waals surface area contributed by atoms with E-state index < -0.39 is 36.4 Å². The molecule has 24 heavy (non-hydrogen) atoms. The smallest absolute Gasteiger partial charge is 0.394 e. The van der Waals surface area contributed by atoms with E-state index in [9.17, 15) is 28.2 Å². The molecule has 134 valence electrons. The van der Waals surface area contributed by atoms with E-state index in [-0.39, 0.29) is 16.5 Å². The molecule has 1 aliphatic carbocycles. The highest BCUT2D eigenvalue weighted by atomic mass is 35.5. The molecule has 3 N–H and O–H groups in total. The number of hydrogen-bond acceptors (Lipinski definition) is 3. The zero-order valence-corrected chi connectivity index (χ0v) is 13.6. The first-order valence-corrected chi connectivity index (χ1v) is 8.06. The Kier molecular flexibility index (Phi) is 6.11. The fraction of sp³-hybridized carbons (Fsp3) is 0.562. The molecule has 1 aromatic carbocycles. The lowest BCUT2D eigenvalue weighted by molar-refractivity contribution is -0.139. The van der Waals surface area contributed by atoms with Gasteiger partial charge in [0, 0.05) is 10.9 Å². The Balaban J connectivity index is 2.18. The number of benzene rings is 1. The molecule has 0 saturated heterocycles. The normalized spacial score (nSPS) is 22.9. The SMILES string of the molecule is O=C(NC(CO)c1ccc(Cl)cc1C(F)(F)F)C1CCC(O)CC1. The summed E-state index contributed by atoms with van der Waals surface area (Å²) in [6.45, 7) is -0.661. The summed E-state index contributed by atoms with van der Waals surface area (Å²) in [6.07, 6.45) is -3.17. The van der Waals surface area contributed by atoms with Crippen LogP contribution in [0.2, 0.25) is 5.02 Å². The first-order valence-electron chi connectivity index (χ1n) is 7.68. The summed E-state index contributed by atoms with van der Waals surface area (Å²) in [6, 6.07) is 2.07. The molecule has 2 rings (SSSR count). The number of alkyl halides is 3. The number of amides is 1. The summed E-state index contributed by atoms with van der Waals surface area (Å²) in [7, 11) is 0. The molecule has 1 atom stereocenters. The Bertz CT molecular complexity index is 586. The fourth-order valence-corrected chi connectivity index (χ4v) is 3.10. The van der Waals surface area contributed by atoms with Crippen LogP contribution in [0.1, 0.15) is 42.9 Å². The van der Waals surface area contributed by atoms with Crippen molar-refractivity contribution >= 4 is 17.5 Å². The molecule has 0 heterocycles. The number of rotatable bonds is 4. The number of nitrogens with one attached hydrogen (secondary N) is 1. The zero-order chi connectivity index (χ0) is 17.9. The van der Waals surface area contributed by atoms with Crippen LogP contribution >= 0.6 is 11.6 Å². The molecule has 0 radical (unpaired) electrons. The summed E-state index contributed by atoms with van der Waals surface area (Å²) < 4.78 is 39.5. The topological polar surface area (TPSA) is 69.6 Å². The highest BCUT2D eigenvalue weighted by molar-refractivity contribution is 6.30. The van der Waals surface area contributed by atoms with Crippen LogP contribution in [0.25, 0.3) is 0 Å². The van der Waals surface area contributed by atoms with Gasteiger partial charge in [-0.2, -0.15) is 13.2 Å². The van der Waals surface area contributed by atoms with Gasteiger partial charge in [-0.05, 0) is 43.4 Å². The van der Waals surface area contributed by atoms with E-state index in [4.69, 9.17) is 11.6 Å². The maximum atomic E-state index is 13.2. The highest BCUT2D eigenvalue weighted by Gasteiger charge is 2.36. The molecule has 0 aromatic heterocycles. The number of carbonyl (C=O) groups is 1. The fourth-order valence-electron chi connectivity index (χ4n) is 2.93. The van der Waals surface area contributed by atoms with Gasteiger partial charge in [0.25, 0.3) is 0 Å². The molecule has 1 fully saturated rings. The minimum atomic E-state index is -4.65. The molecule has 0 bridgehead atoms. The van der Waals surface area contributed by atoms with E-state index in [2.05, 4.69) is 5.32 Å². The van der Waals surface area contributed by atoms with Crippen LogP contribution in [0.4, 0.5) is 13.2 Å². The maximum Gasteiger partial charge on any atom is 0.416 e. The van der Waals surface area contributed by atoms with E-state index in [0.717, 1.165) is 12.1 Å². The van der Waals surface area contributed by atoms with Crippen molar-refractivity contribution in [3.63, 3.8) is 0 Å². The zero-order valence-electron chi connectivity index (χ0n) is 12.8. The third-order valence-electron chi connectivity index (χ3n) is 4.26. The minimum absolute atomic E-state index is 0.0737. The van der Waals surface area contributed by atoms with Gasteiger partial charge < -0.3 is 15.5 Å². The molecule has 0 spiro atoms. The molecule has 1 aliphatic rings. The Morgan fingerprint density at radius 3 is 2.46 bits per heavy atom. The number of halogens is 4. The number of aliphatic hydroxyl groups is 2. The predicted molar refractivity (Wildman–Crippen MR) is 82.4 cm³/mol. The van der Waals surface area contributed by atoms with Gasteiger partial charge in [0.1, 0.15) is 0 Å². The second-order valence-electron chi connectivity index (χ2n) is 5.98. The van der Waals surface area contributed by atoms with Gasteiger partial charge in [-0.3, -0.25) is 4.79 Å². The second-order valence-corrected chi connectivity index (χ2v) is 6.41. The van der Waals surface area contributed by atoms with Gasteiger partial charge in [0.15, 0.2) is 0 Å². The van der Waals surface area contributed by atoms with Gasteiger partial charge in [-0.15, -0.1) is 0 Å². The van der Waals surface area contributed by atoms with Crippen LogP contribution in [-0.2, 0) is 11.0 Å². The minimum Gasteiger partial charge on any atom is -0.394 e. The van der Waals surface area contributed by atoms with Gasteiger partial charge in [-0.1, -0.05) is 17.7 Å². The summed E-state index contributed by atoms with van der Waals surface area (Å²) in [5, 5.41) is 21.3. The molecule has 8 heteroatoms. The van der Waals surface area contributed by atoms with Gasteiger partial charge in [0.05, 0.1) is 24.3 Å². The number of carbonyl (C=O) groups excluding carboxylic acids is 1. The molecule has 1 amide bonds. The summed E-state index contributed by atoms with van der Waals surface area (Å²) in [5.74, 6) is -0.784. The lowest BCUT2D eigenvalue weighted by Crippen LogP contribution is -2.38. The van der Waals surface area contributed by atoms with Crippen LogP contribution in [0.15, 0.2) is 18.2 Å². The van der Waals surface area contributed by atoms with Crippen molar-refractivity contribution in [1.82, 2.24) is 5.32 Å². The molecular weight excluding hydrogens is 347 g/mol. The van der Waals surface area contributed by atoms with Crippen molar-refractivity contribution in [2.45, 2.75) is 44.0 Å². The lowest BCUT2D eigenvalue weighted by atomic mass is 9.86. The van der Waals surface area contributed by atoms with Gasteiger partial charge in [0.2, 0.25) is 5.91 Å². The van der Waals surface area contributed by atoms with Crippen molar-refractivity contribution in [3.8, 4) is 0 Å². The molecule has 1 saturated carbocycles. The summed E-state index contributed by atoms with van der Waals surface area (Å²) >= 11 is 5.64. The van der Waals surface area contributed by atoms with E-state index in [0.29, 0.717) is 25.7 Å². The second kappa shape index (κ2) is 7.72. The van der Waals surface area contributed by atoms with Crippen molar-refractivity contribution in [3.05, 3.63) is 34.3 Å². The molecular formula is C16H19ClF3NO3. The van der Waals surface area contributed by atoms with Crippen LogP contribution < -0.4 is 5.32 Å². The number of aliphatic hydroxyl groups excluding tert-OH is 2. The number of hydrogen-bond donors (Lipinski definition) is 3. The molecule has 4 nitrogen and oxygen atoms in total. The molecule has 1 unspecified atom stereocenters. The Labute approximate surface area is 142 Å². The Morgan fingerprint density at radius 2 is 1.92 bits per heavy atom. The van der Waals surface area contributed by atoms with Crippen molar-refractivity contribution < 1.29 is 28.2 Å². The third kappa shape index (κ3) is 4.62. The maximum absolute atomic E-state index is 13.2. The van der Waals surface area contributed by atoms with E-state index in [1.165, 1.54) is 6.07 Å². The molecule has 1 aromatic rings. The summed E-state index contributed by atoms with van der Waals surface area (Å²) in [4.78, 5) is 12.3. The standard InChI is InChI=1S/C16H19ClF3NO3/c17-10-3-6-12(13(7-10)16(18,19)20)14(8-22)21-15(24)9-1-4-11(23)5-2-9/h3,6-7,9,11,14,22-23H,1-2,4-5,8H2,(H,21,24). The van der Waals surface area contributed by atoms with Crippen molar-refractivity contribution in [2.24, 2.45) is 5.92 Å². The van der Waals surface area contributed by atoms with Crippen molar-refractivity contribution in [2.75, 3.05) is 6.61 Å². The van der Waals surface area contributed by atoms with Crippen molar-refractivity contribution in [1.29, 1.82) is 0 Å². The average Bonchev–Trinajstić information content (AvgIpc) is 2.52.